The summed E-state index contributed by atoms with van der Waals surface area (Å²) in [5.74, 6) is 0.139. The Labute approximate surface area is 156 Å². The molecule has 2 aromatic rings. The van der Waals surface area contributed by atoms with Gasteiger partial charge in [0.05, 0.1) is 18.7 Å². The molecule has 2 aromatic carbocycles. The lowest BCUT2D eigenvalue weighted by Crippen LogP contribution is -2.29. The maximum atomic E-state index is 13.1. The first-order chi connectivity index (χ1) is 12.9. The van der Waals surface area contributed by atoms with Gasteiger partial charge in [-0.1, -0.05) is 30.3 Å². The number of alkyl halides is 3. The molecule has 6 heteroatoms. The number of carbonyl (C=O) groups excluding carboxylic acids is 1. The number of ether oxygens (including phenoxy) is 1. The summed E-state index contributed by atoms with van der Waals surface area (Å²) in [6.07, 6.45) is 0.0636. The third-order valence-corrected chi connectivity index (χ3v) is 4.67. The quantitative estimate of drug-likeness (QED) is 0.697. The summed E-state index contributed by atoms with van der Waals surface area (Å²) in [5.41, 5.74) is 0.543. The molecule has 0 N–H and O–H groups in total. The van der Waals surface area contributed by atoms with Gasteiger partial charge in [0.2, 0.25) is 5.91 Å². The largest absolute Gasteiger partial charge is 0.496 e. The molecule has 1 aliphatic rings. The van der Waals surface area contributed by atoms with Crippen molar-refractivity contribution in [1.82, 2.24) is 4.90 Å². The van der Waals surface area contributed by atoms with Crippen LogP contribution in [-0.4, -0.2) is 24.5 Å². The average Bonchev–Trinajstić information content (AvgIpc) is 3.15. The molecule has 3 nitrogen and oxygen atoms in total. The molecule has 1 atom stereocenters. The molecule has 1 saturated heterocycles. The fourth-order valence-electron chi connectivity index (χ4n) is 3.35. The first kappa shape index (κ1) is 19.0. The van der Waals surface area contributed by atoms with Crippen molar-refractivity contribution < 1.29 is 22.7 Å². The molecule has 0 spiro atoms. The van der Waals surface area contributed by atoms with E-state index in [1.54, 1.807) is 11.0 Å². The number of nitrogens with zero attached hydrogens (tertiary/aromatic N) is 1. The lowest BCUT2D eigenvalue weighted by Gasteiger charge is -2.26. The molecule has 0 aliphatic carbocycles. The van der Waals surface area contributed by atoms with E-state index in [-0.39, 0.29) is 5.91 Å². The monoisotopic (exact) mass is 375 g/mol. The zero-order chi connectivity index (χ0) is 19.4. The summed E-state index contributed by atoms with van der Waals surface area (Å²) in [4.78, 5) is 14.3. The van der Waals surface area contributed by atoms with Crippen LogP contribution in [0.4, 0.5) is 13.2 Å². The highest BCUT2D eigenvalue weighted by Gasteiger charge is 2.35. The second-order valence-electron chi connectivity index (χ2n) is 6.39. The fourth-order valence-corrected chi connectivity index (χ4v) is 3.35. The van der Waals surface area contributed by atoms with Crippen molar-refractivity contribution in [3.63, 3.8) is 0 Å². The molecule has 27 heavy (non-hydrogen) atoms. The van der Waals surface area contributed by atoms with Gasteiger partial charge in [-0.05, 0) is 42.7 Å². The molecule has 3 rings (SSSR count). The Morgan fingerprint density at radius 2 is 1.93 bits per heavy atom. The first-order valence-electron chi connectivity index (χ1n) is 8.69. The van der Waals surface area contributed by atoms with E-state index in [2.05, 4.69) is 0 Å². The van der Waals surface area contributed by atoms with E-state index in [9.17, 15) is 18.0 Å². The van der Waals surface area contributed by atoms with E-state index in [0.29, 0.717) is 24.3 Å². The Morgan fingerprint density at radius 1 is 1.19 bits per heavy atom. The number of benzene rings is 2. The minimum Gasteiger partial charge on any atom is -0.496 e. The molecular weight excluding hydrogens is 355 g/mol. The lowest BCUT2D eigenvalue weighted by atomic mass is 10.00. The molecule has 0 aromatic heterocycles. The number of halogens is 3. The summed E-state index contributed by atoms with van der Waals surface area (Å²) >= 11 is 0. The smallest absolute Gasteiger partial charge is 0.416 e. The predicted molar refractivity (Wildman–Crippen MR) is 97.2 cm³/mol. The van der Waals surface area contributed by atoms with Crippen molar-refractivity contribution in [2.24, 2.45) is 0 Å². The molecule has 1 aliphatic heterocycles. The van der Waals surface area contributed by atoms with Gasteiger partial charge in [-0.3, -0.25) is 4.79 Å². The molecule has 1 heterocycles. The second-order valence-corrected chi connectivity index (χ2v) is 6.39. The van der Waals surface area contributed by atoms with Crippen LogP contribution >= 0.6 is 0 Å². The Hall–Kier alpha value is -2.76. The summed E-state index contributed by atoms with van der Waals surface area (Å²) in [5, 5.41) is 0. The van der Waals surface area contributed by atoms with Crippen molar-refractivity contribution in [1.29, 1.82) is 0 Å². The van der Waals surface area contributed by atoms with Crippen LogP contribution in [-0.2, 0) is 11.0 Å². The molecule has 142 valence electrons. The zero-order valence-electron chi connectivity index (χ0n) is 14.9. The predicted octanol–water partition coefficient (Wildman–Crippen LogP) is 5.09. The van der Waals surface area contributed by atoms with Gasteiger partial charge in [-0.15, -0.1) is 0 Å². The van der Waals surface area contributed by atoms with Crippen molar-refractivity contribution in [3.8, 4) is 5.75 Å². The fraction of sp³-hybridized carbons (Fsp3) is 0.286. The van der Waals surface area contributed by atoms with Gasteiger partial charge >= 0.3 is 6.18 Å². The van der Waals surface area contributed by atoms with E-state index in [4.69, 9.17) is 4.74 Å². The number of likely N-dealkylation sites (tertiary alicyclic amines) is 1. The van der Waals surface area contributed by atoms with Crippen molar-refractivity contribution in [3.05, 3.63) is 71.3 Å². The molecule has 1 amide bonds. The van der Waals surface area contributed by atoms with Crippen molar-refractivity contribution in [2.75, 3.05) is 13.7 Å². The van der Waals surface area contributed by atoms with Crippen LogP contribution in [0.25, 0.3) is 6.08 Å². The third kappa shape index (κ3) is 4.32. The summed E-state index contributed by atoms with van der Waals surface area (Å²) < 4.78 is 44.6. The third-order valence-electron chi connectivity index (χ3n) is 4.67. The van der Waals surface area contributed by atoms with Crippen molar-refractivity contribution in [2.45, 2.75) is 25.1 Å². The molecule has 0 saturated carbocycles. The Bertz CT molecular complexity index is 831. The van der Waals surface area contributed by atoms with Crippen LogP contribution < -0.4 is 4.74 Å². The molecule has 0 radical (unpaired) electrons. The van der Waals surface area contributed by atoms with Gasteiger partial charge in [0, 0.05) is 18.2 Å². The number of carbonyl (C=O) groups is 1. The number of methoxy groups -OCH3 is 1. The highest BCUT2D eigenvalue weighted by molar-refractivity contribution is 5.92. The highest BCUT2D eigenvalue weighted by Crippen LogP contribution is 2.40. The van der Waals surface area contributed by atoms with Crippen LogP contribution in [0.1, 0.15) is 35.6 Å². The minimum absolute atomic E-state index is 0.221. The van der Waals surface area contributed by atoms with E-state index < -0.39 is 17.8 Å². The number of hydrogen-bond donors (Lipinski definition) is 0. The first-order valence-corrected chi connectivity index (χ1v) is 8.69. The van der Waals surface area contributed by atoms with Crippen LogP contribution in [0.3, 0.4) is 0 Å². The number of hydrogen-bond acceptors (Lipinski definition) is 2. The van der Waals surface area contributed by atoms with Crippen LogP contribution in [0, 0.1) is 0 Å². The van der Waals surface area contributed by atoms with E-state index in [0.717, 1.165) is 24.1 Å². The van der Waals surface area contributed by atoms with Gasteiger partial charge in [0.15, 0.2) is 0 Å². The molecule has 1 fully saturated rings. The maximum Gasteiger partial charge on any atom is 0.416 e. The van der Waals surface area contributed by atoms with Crippen LogP contribution in [0.15, 0.2) is 54.6 Å². The van der Waals surface area contributed by atoms with Crippen LogP contribution in [0.2, 0.25) is 0 Å². The highest BCUT2D eigenvalue weighted by atomic mass is 19.4. The second kappa shape index (κ2) is 7.86. The van der Waals surface area contributed by atoms with Crippen molar-refractivity contribution >= 4 is 12.0 Å². The van der Waals surface area contributed by atoms with E-state index in [1.807, 2.05) is 30.3 Å². The zero-order valence-corrected chi connectivity index (χ0v) is 14.9. The number of amides is 1. The van der Waals surface area contributed by atoms with Crippen LogP contribution in [0.5, 0.6) is 5.75 Å². The summed E-state index contributed by atoms with van der Waals surface area (Å²) in [7, 11) is 1.42. The maximum absolute atomic E-state index is 13.1. The SMILES string of the molecule is COc1ccc(C(F)(F)F)cc1C1CCCN1C(=O)/C=C/c1ccccc1. The molecular formula is C21H20F3NO2. The normalized spacial score (nSPS) is 17.5. The Morgan fingerprint density at radius 3 is 2.59 bits per heavy atom. The van der Waals surface area contributed by atoms with Gasteiger partial charge < -0.3 is 9.64 Å². The van der Waals surface area contributed by atoms with Gasteiger partial charge in [-0.2, -0.15) is 13.2 Å². The van der Waals surface area contributed by atoms with E-state index >= 15 is 0 Å². The summed E-state index contributed by atoms with van der Waals surface area (Å²) in [6, 6.07) is 12.4. The van der Waals surface area contributed by atoms with Gasteiger partial charge in [-0.25, -0.2) is 0 Å². The van der Waals surface area contributed by atoms with E-state index in [1.165, 1.54) is 19.3 Å². The topological polar surface area (TPSA) is 29.5 Å². The van der Waals surface area contributed by atoms with Gasteiger partial charge in [0.25, 0.3) is 0 Å². The Kier molecular flexibility index (Phi) is 5.54. The minimum atomic E-state index is -4.44. The average molecular weight is 375 g/mol. The Balaban J connectivity index is 1.87. The summed E-state index contributed by atoms with van der Waals surface area (Å²) in [6.45, 7) is 0.502. The van der Waals surface area contributed by atoms with Gasteiger partial charge in [0.1, 0.15) is 5.75 Å². The standard InChI is InChI=1S/C21H20F3NO2/c1-27-19-11-10-16(21(22,23)24)14-17(19)18-8-5-13-25(18)20(26)12-9-15-6-3-2-4-7-15/h2-4,6-7,9-12,14,18H,5,8,13H2,1H3/b12-9+. The lowest BCUT2D eigenvalue weighted by molar-refractivity contribution is -0.137. The molecule has 1 unspecified atom stereocenters. The number of rotatable bonds is 4. The molecule has 0 bridgehead atoms.